The Hall–Kier alpha value is -6.64. The van der Waals surface area contributed by atoms with Crippen LogP contribution in [0.5, 0.6) is 0 Å². The molecule has 0 amide bonds. The van der Waals surface area contributed by atoms with Gasteiger partial charge in [-0.05, 0) is 116 Å². The largest absolute Gasteiger partial charge is 0.384 e. The summed E-state index contributed by atoms with van der Waals surface area (Å²) >= 11 is 0. The van der Waals surface area contributed by atoms with Gasteiger partial charge in [-0.2, -0.15) is 0 Å². The first kappa shape index (κ1) is 30.2. The van der Waals surface area contributed by atoms with Gasteiger partial charge in [0.2, 0.25) is 0 Å². The maximum atomic E-state index is 3.54. The van der Waals surface area contributed by atoms with Crippen molar-refractivity contribution in [1.82, 2.24) is 9.88 Å². The second kappa shape index (κ2) is 12.3. The van der Waals surface area contributed by atoms with E-state index in [4.69, 9.17) is 0 Å². The van der Waals surface area contributed by atoms with Crippen LogP contribution in [0.25, 0.3) is 88.7 Å². The summed E-state index contributed by atoms with van der Waals surface area (Å²) in [5.41, 5.74) is 14.9. The van der Waals surface area contributed by atoms with E-state index in [1.165, 1.54) is 93.9 Å². The third kappa shape index (κ3) is 4.87. The van der Waals surface area contributed by atoms with Crippen molar-refractivity contribution < 1.29 is 0 Å². The van der Waals surface area contributed by atoms with Crippen LogP contribution in [0.3, 0.4) is 0 Å². The fraction of sp³-hybridized carbons (Fsp3) is 0.0400. The predicted octanol–water partition coefficient (Wildman–Crippen LogP) is 13.2. The highest BCUT2D eigenvalue weighted by atomic mass is 15.0. The minimum atomic E-state index is 0.221. The van der Waals surface area contributed by atoms with E-state index in [0.717, 1.165) is 0 Å². The zero-order chi connectivity index (χ0) is 34.6. The Balaban J connectivity index is 1.11. The van der Waals surface area contributed by atoms with Crippen molar-refractivity contribution in [2.24, 2.45) is 0 Å². The van der Waals surface area contributed by atoms with Gasteiger partial charge in [0, 0.05) is 16.6 Å². The molecular weight excluding hydrogens is 629 g/mol. The Kier molecular flexibility index (Phi) is 7.14. The van der Waals surface area contributed by atoms with Gasteiger partial charge in [-0.15, -0.1) is 0 Å². The first-order valence-electron chi connectivity index (χ1n) is 18.1. The van der Waals surface area contributed by atoms with E-state index in [1.807, 2.05) is 0 Å². The van der Waals surface area contributed by atoms with Gasteiger partial charge in [0.1, 0.15) is 0 Å². The van der Waals surface area contributed by atoms with Crippen LogP contribution >= 0.6 is 0 Å². The van der Waals surface area contributed by atoms with Crippen LogP contribution in [0.4, 0.5) is 0 Å². The second-order valence-corrected chi connectivity index (χ2v) is 13.8. The molecule has 52 heavy (non-hydrogen) atoms. The van der Waals surface area contributed by atoms with Crippen molar-refractivity contribution >= 4 is 38.5 Å². The number of fused-ring (bicyclic) bond motifs is 5. The zero-order valence-electron chi connectivity index (χ0n) is 28.9. The molecule has 8 aromatic carbocycles. The second-order valence-electron chi connectivity index (χ2n) is 13.8. The van der Waals surface area contributed by atoms with Crippen molar-refractivity contribution in [3.63, 3.8) is 0 Å². The lowest BCUT2D eigenvalue weighted by Crippen LogP contribution is -2.16. The summed E-state index contributed by atoms with van der Waals surface area (Å²) < 4.78 is 2.39. The molecule has 1 N–H and O–H groups in total. The van der Waals surface area contributed by atoms with Gasteiger partial charge in [0.15, 0.2) is 0 Å². The van der Waals surface area contributed by atoms with Crippen LogP contribution < -0.4 is 5.32 Å². The lowest BCUT2D eigenvalue weighted by atomic mass is 9.85. The molecule has 246 valence electrons. The highest BCUT2D eigenvalue weighted by Crippen LogP contribution is 2.45. The molecule has 0 radical (unpaired) electrons. The number of benzene rings is 8. The summed E-state index contributed by atoms with van der Waals surface area (Å²) in [5.74, 6) is 0. The molecule has 1 aliphatic heterocycles. The molecule has 0 bridgehead atoms. The number of rotatable bonds is 5. The minimum absolute atomic E-state index is 0.221. The van der Waals surface area contributed by atoms with Crippen LogP contribution in [-0.4, -0.2) is 4.57 Å². The lowest BCUT2D eigenvalue weighted by molar-refractivity contribution is 0.681. The quantitative estimate of drug-likeness (QED) is 0.181. The number of nitrogens with zero attached hydrogens (tertiary/aromatic N) is 1. The highest BCUT2D eigenvalue weighted by molar-refractivity contribution is 6.22. The van der Waals surface area contributed by atoms with Crippen LogP contribution in [0, 0.1) is 0 Å². The van der Waals surface area contributed by atoms with Crippen LogP contribution in [0.15, 0.2) is 182 Å². The molecular formula is C50H36N2. The molecule has 0 aliphatic carbocycles. The van der Waals surface area contributed by atoms with Crippen LogP contribution in [-0.2, 0) is 0 Å². The van der Waals surface area contributed by atoms with Crippen molar-refractivity contribution in [2.75, 3.05) is 0 Å². The summed E-state index contributed by atoms with van der Waals surface area (Å²) in [6.07, 6.45) is 4.28. The monoisotopic (exact) mass is 664 g/mol. The summed E-state index contributed by atoms with van der Waals surface area (Å²) in [4.78, 5) is 0. The molecule has 9 aromatic rings. The van der Waals surface area contributed by atoms with E-state index in [-0.39, 0.29) is 6.04 Å². The maximum absolute atomic E-state index is 3.54. The Morgan fingerprint density at radius 2 is 0.904 bits per heavy atom. The van der Waals surface area contributed by atoms with Gasteiger partial charge in [-0.3, -0.25) is 0 Å². The number of hydrogen-bond acceptors (Lipinski definition) is 1. The molecule has 1 aliphatic rings. The van der Waals surface area contributed by atoms with E-state index in [0.29, 0.717) is 0 Å². The molecule has 1 unspecified atom stereocenters. The van der Waals surface area contributed by atoms with Gasteiger partial charge in [0.25, 0.3) is 0 Å². The summed E-state index contributed by atoms with van der Waals surface area (Å²) in [6.45, 7) is 2.25. The van der Waals surface area contributed by atoms with Gasteiger partial charge < -0.3 is 9.88 Å². The van der Waals surface area contributed by atoms with E-state index in [1.54, 1.807) is 0 Å². The molecule has 1 aromatic heterocycles. The fourth-order valence-electron chi connectivity index (χ4n) is 8.39. The van der Waals surface area contributed by atoms with E-state index < -0.39 is 0 Å². The topological polar surface area (TPSA) is 17.0 Å². The molecule has 1 atom stereocenters. The van der Waals surface area contributed by atoms with Crippen molar-refractivity contribution in [3.8, 4) is 50.2 Å². The summed E-state index contributed by atoms with van der Waals surface area (Å²) in [6, 6.07) is 64.5. The molecule has 0 fully saturated rings. The SMILES string of the molecule is CC1NC=Cc2c1c1cc(-c3ccc(-c4ccc5c(-c6ccccc6)c6ccccc6c(-c6ccccc6)c5c4)cc3)ccc1n2-c1ccccc1. The average molecular weight is 665 g/mol. The van der Waals surface area contributed by atoms with E-state index in [2.05, 4.69) is 205 Å². The minimum Gasteiger partial charge on any atom is -0.384 e. The zero-order valence-corrected chi connectivity index (χ0v) is 28.9. The normalized spacial score (nSPS) is 13.8. The van der Waals surface area contributed by atoms with Crippen molar-refractivity contribution in [3.05, 3.63) is 193 Å². The summed E-state index contributed by atoms with van der Waals surface area (Å²) in [7, 11) is 0. The number of para-hydroxylation sites is 1. The third-order valence-corrected chi connectivity index (χ3v) is 10.8. The van der Waals surface area contributed by atoms with Gasteiger partial charge >= 0.3 is 0 Å². The van der Waals surface area contributed by atoms with Crippen LogP contribution in [0.2, 0.25) is 0 Å². The number of hydrogen-bond donors (Lipinski definition) is 1. The van der Waals surface area contributed by atoms with Gasteiger partial charge in [-0.25, -0.2) is 0 Å². The lowest BCUT2D eigenvalue weighted by Gasteiger charge is -2.19. The molecule has 2 heteroatoms. The predicted molar refractivity (Wildman–Crippen MR) is 221 cm³/mol. The summed E-state index contributed by atoms with van der Waals surface area (Å²) in [5, 5.41) is 9.89. The number of nitrogens with one attached hydrogen (secondary N) is 1. The third-order valence-electron chi connectivity index (χ3n) is 10.8. The highest BCUT2D eigenvalue weighted by Gasteiger charge is 2.23. The molecule has 2 heterocycles. The van der Waals surface area contributed by atoms with Crippen molar-refractivity contribution in [1.29, 1.82) is 0 Å². The first-order valence-corrected chi connectivity index (χ1v) is 18.1. The number of aromatic nitrogens is 1. The average Bonchev–Trinajstić information content (AvgIpc) is 3.55. The first-order chi connectivity index (χ1) is 25.7. The van der Waals surface area contributed by atoms with Crippen molar-refractivity contribution in [2.45, 2.75) is 13.0 Å². The Morgan fingerprint density at radius 3 is 1.52 bits per heavy atom. The van der Waals surface area contributed by atoms with Crippen LogP contribution in [0.1, 0.15) is 24.2 Å². The molecule has 0 saturated carbocycles. The Bertz CT molecular complexity index is 2790. The Morgan fingerprint density at radius 1 is 0.423 bits per heavy atom. The maximum Gasteiger partial charge on any atom is 0.0538 e. The van der Waals surface area contributed by atoms with Gasteiger partial charge in [-0.1, -0.05) is 146 Å². The fourth-order valence-corrected chi connectivity index (χ4v) is 8.39. The molecule has 10 rings (SSSR count). The Labute approximate surface area is 303 Å². The smallest absolute Gasteiger partial charge is 0.0538 e. The molecule has 0 spiro atoms. The standard InChI is InChI=1S/C50H36N2/c1-33-48-45-32-39(26-28-46(45)52(47(48)29-30-51-33)40-17-9-4-10-18-40)35-23-21-34(22-24-35)38-25-27-43-44(31-38)50(37-15-7-3-8-16-37)42-20-12-11-19-41(42)49(43)36-13-5-2-6-14-36/h2-33,51H,1H3. The molecule has 2 nitrogen and oxygen atoms in total. The molecule has 0 saturated heterocycles. The van der Waals surface area contributed by atoms with E-state index in [9.17, 15) is 0 Å². The van der Waals surface area contributed by atoms with E-state index >= 15 is 0 Å². The van der Waals surface area contributed by atoms with Gasteiger partial charge in [0.05, 0.1) is 17.3 Å².